The monoisotopic (exact) mass is 653 g/mol. The van der Waals surface area contributed by atoms with Crippen molar-refractivity contribution >= 4 is 14.2 Å². The van der Waals surface area contributed by atoms with Crippen LogP contribution in [0, 0.1) is 0 Å². The molecule has 1 atom stereocenters. The molecule has 1 fully saturated rings. The number of methoxy groups -OCH3 is 2. The highest BCUT2D eigenvalue weighted by Gasteiger charge is 2.38. The van der Waals surface area contributed by atoms with Gasteiger partial charge in [-0.05, 0) is 60.7 Å². The van der Waals surface area contributed by atoms with Crippen LogP contribution in [0.4, 0.5) is 8.78 Å². The van der Waals surface area contributed by atoms with Crippen LogP contribution in [0.5, 0.6) is 11.5 Å². The van der Waals surface area contributed by atoms with Crippen molar-refractivity contribution in [3.8, 4) is 22.6 Å². The average molecular weight is 654 g/mol. The Balaban J connectivity index is 1.38. The number of nitrogens with two attached hydrogens (primary N) is 1. The number of nitrogens with zero attached hydrogens (tertiary/aromatic N) is 4. The SMILES string of the molecule is COc1ccc(CNC2=CC(N)(c3cc(C4CC4)c(-c4cnn(CCO[Si](C)(C)C(C)(C)C)c4)cn3)N=C(C(F)F)N2)c(OC)c1. The number of ether oxygens (including phenoxy) is 2. The van der Waals surface area contributed by atoms with Crippen LogP contribution in [-0.4, -0.2) is 56.2 Å². The van der Waals surface area contributed by atoms with E-state index in [2.05, 4.69) is 59.6 Å². The van der Waals surface area contributed by atoms with Crippen LogP contribution < -0.4 is 25.8 Å². The van der Waals surface area contributed by atoms with Crippen LogP contribution in [0.15, 0.2) is 59.7 Å². The predicted octanol–water partition coefficient (Wildman–Crippen LogP) is 5.87. The Morgan fingerprint density at radius 1 is 1.15 bits per heavy atom. The number of pyridine rings is 1. The summed E-state index contributed by atoms with van der Waals surface area (Å²) < 4.78 is 47.1. The standard InChI is InChI=1S/C33H45F2N7O3Si/c1-32(2,3)46(6,7)45-13-12-42-20-23(18-39-42)26-19-37-28(15-25(26)21-8-9-21)33(36)16-29(40-31(41-33)30(34)35)38-17-22-10-11-24(43-4)14-27(22)44-5/h10-11,14-16,18-21,30,38H,8-9,12-13,17,36H2,1-7H3,(H,40,41). The largest absolute Gasteiger partial charge is 0.497 e. The first-order valence-electron chi connectivity index (χ1n) is 15.5. The third-order valence-corrected chi connectivity index (χ3v) is 13.5. The van der Waals surface area contributed by atoms with Crippen LogP contribution in [-0.2, 0) is 23.2 Å². The van der Waals surface area contributed by atoms with Gasteiger partial charge < -0.3 is 24.5 Å². The first kappa shape index (κ1) is 33.5. The Labute approximate surface area is 270 Å². The number of alkyl halides is 2. The van der Waals surface area contributed by atoms with E-state index in [1.54, 1.807) is 38.6 Å². The van der Waals surface area contributed by atoms with Crippen LogP contribution in [0.2, 0.25) is 18.1 Å². The number of halogens is 2. The Bertz CT molecular complexity index is 1610. The summed E-state index contributed by atoms with van der Waals surface area (Å²) in [5.41, 5.74) is 9.28. The Hall–Kier alpha value is -3.81. The molecule has 2 aromatic heterocycles. The van der Waals surface area contributed by atoms with Crippen molar-refractivity contribution in [2.24, 2.45) is 10.7 Å². The van der Waals surface area contributed by atoms with E-state index in [-0.39, 0.29) is 11.6 Å². The number of nitrogens with one attached hydrogen (secondary N) is 2. The van der Waals surface area contributed by atoms with Crippen LogP contribution in [0.25, 0.3) is 11.1 Å². The zero-order valence-corrected chi connectivity index (χ0v) is 28.7. The molecule has 1 aliphatic carbocycles. The first-order valence-corrected chi connectivity index (χ1v) is 18.4. The number of aliphatic imine (C=N–C) groups is 1. The van der Waals surface area contributed by atoms with E-state index in [1.807, 2.05) is 29.2 Å². The molecule has 3 heterocycles. The van der Waals surface area contributed by atoms with Crippen LogP contribution >= 0.6 is 0 Å². The van der Waals surface area contributed by atoms with Gasteiger partial charge in [-0.25, -0.2) is 13.8 Å². The molecule has 4 N–H and O–H groups in total. The van der Waals surface area contributed by atoms with E-state index in [0.717, 1.165) is 35.1 Å². The maximum absolute atomic E-state index is 14.1. The lowest BCUT2D eigenvalue weighted by Crippen LogP contribution is -2.47. The quantitative estimate of drug-likeness (QED) is 0.196. The fourth-order valence-electron chi connectivity index (χ4n) is 5.07. The lowest BCUT2D eigenvalue weighted by Gasteiger charge is -2.36. The number of benzene rings is 1. The molecule has 2 aliphatic rings. The van der Waals surface area contributed by atoms with Crippen molar-refractivity contribution in [3.05, 3.63) is 71.6 Å². The molecule has 10 nitrogen and oxygen atoms in total. The summed E-state index contributed by atoms with van der Waals surface area (Å²) in [5, 5.41) is 10.6. The van der Waals surface area contributed by atoms with Gasteiger partial charge in [0, 0.05) is 47.8 Å². The van der Waals surface area contributed by atoms with Crippen molar-refractivity contribution in [2.75, 3.05) is 20.8 Å². The molecule has 46 heavy (non-hydrogen) atoms. The number of rotatable bonds is 13. The maximum atomic E-state index is 14.1. The minimum absolute atomic E-state index is 0.139. The zero-order valence-electron chi connectivity index (χ0n) is 27.7. The molecule has 3 aromatic rings. The molecule has 5 rings (SSSR count). The smallest absolute Gasteiger partial charge is 0.295 e. The van der Waals surface area contributed by atoms with Gasteiger partial charge in [0.05, 0.1) is 39.3 Å². The molecule has 0 amide bonds. The molecule has 0 saturated heterocycles. The van der Waals surface area contributed by atoms with E-state index >= 15 is 0 Å². The summed E-state index contributed by atoms with van der Waals surface area (Å²) in [6.45, 7) is 12.7. The molecular weight excluding hydrogens is 608 g/mol. The van der Waals surface area contributed by atoms with Crippen LogP contribution in [0.1, 0.15) is 56.4 Å². The second-order valence-electron chi connectivity index (χ2n) is 13.4. The van der Waals surface area contributed by atoms with Gasteiger partial charge in [0.1, 0.15) is 17.3 Å². The van der Waals surface area contributed by atoms with Gasteiger partial charge in [-0.3, -0.25) is 15.4 Å². The number of aromatic nitrogens is 3. The Morgan fingerprint density at radius 2 is 1.91 bits per heavy atom. The van der Waals surface area contributed by atoms with Gasteiger partial charge in [0.2, 0.25) is 0 Å². The van der Waals surface area contributed by atoms with Crippen molar-refractivity contribution < 1.29 is 22.7 Å². The zero-order chi connectivity index (χ0) is 33.3. The Morgan fingerprint density at radius 3 is 2.57 bits per heavy atom. The highest BCUT2D eigenvalue weighted by molar-refractivity contribution is 6.74. The molecule has 13 heteroatoms. The summed E-state index contributed by atoms with van der Waals surface area (Å²) >= 11 is 0. The second kappa shape index (κ2) is 13.1. The van der Waals surface area contributed by atoms with Gasteiger partial charge in [0.25, 0.3) is 6.43 Å². The van der Waals surface area contributed by atoms with Gasteiger partial charge in [0.15, 0.2) is 19.8 Å². The number of amidine groups is 1. The highest BCUT2D eigenvalue weighted by Crippen LogP contribution is 2.45. The van der Waals surface area contributed by atoms with Crippen LogP contribution in [0.3, 0.4) is 0 Å². The summed E-state index contributed by atoms with van der Waals surface area (Å²) in [7, 11) is 1.28. The summed E-state index contributed by atoms with van der Waals surface area (Å²) in [6, 6.07) is 7.32. The maximum Gasteiger partial charge on any atom is 0.295 e. The fourth-order valence-corrected chi connectivity index (χ4v) is 6.11. The fraction of sp³-hybridized carbons (Fsp3) is 0.485. The van der Waals surface area contributed by atoms with Gasteiger partial charge in [-0.1, -0.05) is 20.8 Å². The van der Waals surface area contributed by atoms with Crippen molar-refractivity contribution in [1.82, 2.24) is 25.4 Å². The molecule has 0 bridgehead atoms. The predicted molar refractivity (Wildman–Crippen MR) is 177 cm³/mol. The summed E-state index contributed by atoms with van der Waals surface area (Å²) in [5.74, 6) is 1.34. The van der Waals surface area contributed by atoms with Crippen molar-refractivity contribution in [1.29, 1.82) is 0 Å². The van der Waals surface area contributed by atoms with E-state index in [0.29, 0.717) is 42.1 Å². The number of hydrogen-bond donors (Lipinski definition) is 3. The van der Waals surface area contributed by atoms with Gasteiger partial charge in [-0.2, -0.15) is 5.10 Å². The molecule has 248 valence electrons. The molecule has 0 radical (unpaired) electrons. The Kier molecular flexibility index (Phi) is 9.57. The molecule has 1 unspecified atom stereocenters. The van der Waals surface area contributed by atoms with E-state index < -0.39 is 26.2 Å². The minimum atomic E-state index is -2.86. The molecule has 1 aromatic carbocycles. The topological polar surface area (TPSA) is 121 Å². The van der Waals surface area contributed by atoms with E-state index in [9.17, 15) is 8.78 Å². The number of hydrogen-bond acceptors (Lipinski definition) is 9. The summed E-state index contributed by atoms with van der Waals surface area (Å²) in [4.78, 5) is 8.91. The third-order valence-electron chi connectivity index (χ3n) is 9.00. The van der Waals surface area contributed by atoms with Crippen molar-refractivity contribution in [3.63, 3.8) is 0 Å². The minimum Gasteiger partial charge on any atom is -0.497 e. The van der Waals surface area contributed by atoms with Crippen molar-refractivity contribution in [2.45, 2.75) is 82.8 Å². The molecular formula is C33H45F2N7O3Si. The lowest BCUT2D eigenvalue weighted by atomic mass is 9.96. The lowest BCUT2D eigenvalue weighted by molar-refractivity contribution is 0.218. The molecule has 0 spiro atoms. The highest BCUT2D eigenvalue weighted by atomic mass is 28.4. The normalized spacial score (nSPS) is 18.6. The van der Waals surface area contributed by atoms with Gasteiger partial charge in [-0.15, -0.1) is 0 Å². The third kappa shape index (κ3) is 7.42. The molecule has 1 saturated carbocycles. The van der Waals surface area contributed by atoms with E-state index in [1.165, 1.54) is 0 Å². The first-order chi connectivity index (χ1) is 21.7. The second-order valence-corrected chi connectivity index (χ2v) is 18.2. The molecule has 1 aliphatic heterocycles. The average Bonchev–Trinajstić information content (AvgIpc) is 3.76. The summed E-state index contributed by atoms with van der Waals surface area (Å²) in [6.07, 6.45) is 6.38. The van der Waals surface area contributed by atoms with Gasteiger partial charge >= 0.3 is 0 Å². The van der Waals surface area contributed by atoms with E-state index in [4.69, 9.17) is 19.6 Å².